The van der Waals surface area contributed by atoms with Crippen molar-refractivity contribution in [1.82, 2.24) is 19.5 Å². The van der Waals surface area contributed by atoms with Crippen molar-refractivity contribution in [1.29, 1.82) is 0 Å². The molecule has 0 spiro atoms. The van der Waals surface area contributed by atoms with Gasteiger partial charge in [-0.1, -0.05) is 78.9 Å². The molecule has 1 aliphatic heterocycles. The average Bonchev–Trinajstić information content (AvgIpc) is 3.37. The lowest BCUT2D eigenvalue weighted by Gasteiger charge is -2.28. The van der Waals surface area contributed by atoms with Gasteiger partial charge in [0.15, 0.2) is 5.82 Å². The monoisotopic (exact) mass is 525 g/mol. The third kappa shape index (κ3) is 3.21. The standard InChI is InChI=1S/C33H27N5O2/c1-32(2)28(39)38(29(40)33(32,3)4)31-35-27(21-13-6-5-7-14-21)34-30(36-31)37-24-17-11-10-16-23(24)26-22-15-9-8-12-20(22)18-19-25(26)37/h5-19H,1-4H3. The van der Waals surface area contributed by atoms with Crippen molar-refractivity contribution in [3.63, 3.8) is 0 Å². The third-order valence-corrected chi connectivity index (χ3v) is 8.64. The van der Waals surface area contributed by atoms with E-state index in [0.29, 0.717) is 11.8 Å². The highest BCUT2D eigenvalue weighted by molar-refractivity contribution is 6.24. The van der Waals surface area contributed by atoms with E-state index in [1.54, 1.807) is 27.7 Å². The summed E-state index contributed by atoms with van der Waals surface area (Å²) in [4.78, 5) is 42.9. The summed E-state index contributed by atoms with van der Waals surface area (Å²) in [5.41, 5.74) is 0.766. The van der Waals surface area contributed by atoms with Crippen molar-refractivity contribution < 1.29 is 9.59 Å². The second-order valence-corrected chi connectivity index (χ2v) is 11.4. The second kappa shape index (κ2) is 8.29. The molecular formula is C33H27N5O2. The summed E-state index contributed by atoms with van der Waals surface area (Å²) < 4.78 is 2.00. The van der Waals surface area contributed by atoms with Gasteiger partial charge in [-0.05, 0) is 50.6 Å². The van der Waals surface area contributed by atoms with Gasteiger partial charge in [0.2, 0.25) is 23.7 Å². The van der Waals surface area contributed by atoms with E-state index in [1.165, 1.54) is 0 Å². The van der Waals surface area contributed by atoms with Crippen LogP contribution in [0.15, 0.2) is 91.0 Å². The smallest absolute Gasteiger partial charge is 0.244 e. The molecule has 0 radical (unpaired) electrons. The summed E-state index contributed by atoms with van der Waals surface area (Å²) in [6.45, 7) is 7.19. The van der Waals surface area contributed by atoms with E-state index in [4.69, 9.17) is 9.97 Å². The Kier molecular flexibility index (Phi) is 5.01. The zero-order chi connectivity index (χ0) is 27.8. The van der Waals surface area contributed by atoms with Crippen molar-refractivity contribution in [2.24, 2.45) is 10.8 Å². The zero-order valence-corrected chi connectivity index (χ0v) is 22.7. The van der Waals surface area contributed by atoms with Gasteiger partial charge in [-0.25, -0.2) is 4.90 Å². The predicted molar refractivity (Wildman–Crippen MR) is 157 cm³/mol. The van der Waals surface area contributed by atoms with Crippen LogP contribution < -0.4 is 4.90 Å². The van der Waals surface area contributed by atoms with Crippen molar-refractivity contribution in [2.45, 2.75) is 27.7 Å². The summed E-state index contributed by atoms with van der Waals surface area (Å²) in [6.07, 6.45) is 0. The van der Waals surface area contributed by atoms with E-state index in [0.717, 1.165) is 43.0 Å². The maximum atomic E-state index is 13.7. The minimum Gasteiger partial charge on any atom is -0.278 e. The lowest BCUT2D eigenvalue weighted by atomic mass is 9.70. The molecule has 2 aromatic heterocycles. The molecule has 3 heterocycles. The number of rotatable bonds is 3. The highest BCUT2D eigenvalue weighted by Crippen LogP contribution is 2.48. The van der Waals surface area contributed by atoms with Gasteiger partial charge in [0.1, 0.15) is 0 Å². The number of fused-ring (bicyclic) bond motifs is 5. The van der Waals surface area contributed by atoms with E-state index in [9.17, 15) is 9.59 Å². The molecule has 1 saturated heterocycles. The number of benzene rings is 4. The van der Waals surface area contributed by atoms with Crippen LogP contribution in [0.4, 0.5) is 5.95 Å². The number of hydrogen-bond acceptors (Lipinski definition) is 5. The molecule has 7 nitrogen and oxygen atoms in total. The normalized spacial score (nSPS) is 16.4. The fraction of sp³-hybridized carbons (Fsp3) is 0.182. The Bertz CT molecular complexity index is 1980. The molecule has 0 aliphatic carbocycles. The number of aromatic nitrogens is 4. The molecule has 4 aromatic carbocycles. The van der Waals surface area contributed by atoms with Crippen LogP contribution in [-0.2, 0) is 9.59 Å². The van der Waals surface area contributed by atoms with Crippen LogP contribution in [0.3, 0.4) is 0 Å². The Labute approximate surface area is 231 Å². The van der Waals surface area contributed by atoms with Crippen LogP contribution in [0.5, 0.6) is 0 Å². The third-order valence-electron chi connectivity index (χ3n) is 8.64. The SMILES string of the molecule is CC1(C)C(=O)N(c2nc(-c3ccccc3)nc(-n3c4ccccc4c4c5ccccc5ccc43)n2)C(=O)C1(C)C. The Morgan fingerprint density at radius 1 is 0.575 bits per heavy atom. The first-order valence-electron chi connectivity index (χ1n) is 13.3. The molecule has 1 aliphatic rings. The fourth-order valence-electron chi connectivity index (χ4n) is 5.59. The molecule has 0 N–H and O–H groups in total. The first-order chi connectivity index (χ1) is 19.2. The van der Waals surface area contributed by atoms with E-state index in [1.807, 2.05) is 65.2 Å². The molecule has 0 bridgehead atoms. The number of amides is 2. The predicted octanol–water partition coefficient (Wildman–Crippen LogP) is 6.71. The molecular weight excluding hydrogens is 498 g/mol. The van der Waals surface area contributed by atoms with Gasteiger partial charge in [0, 0.05) is 16.3 Å². The first kappa shape index (κ1) is 24.2. The number of hydrogen-bond donors (Lipinski definition) is 0. The fourth-order valence-corrected chi connectivity index (χ4v) is 5.59. The van der Waals surface area contributed by atoms with Crippen molar-refractivity contribution in [3.05, 3.63) is 91.0 Å². The Balaban J connectivity index is 1.56. The lowest BCUT2D eigenvalue weighted by molar-refractivity contribution is -0.129. The molecule has 1 fully saturated rings. The van der Waals surface area contributed by atoms with Gasteiger partial charge in [0.25, 0.3) is 0 Å². The van der Waals surface area contributed by atoms with Gasteiger partial charge in [-0.2, -0.15) is 15.0 Å². The molecule has 7 rings (SSSR count). The minimum absolute atomic E-state index is 0.0317. The summed E-state index contributed by atoms with van der Waals surface area (Å²) >= 11 is 0. The van der Waals surface area contributed by atoms with Gasteiger partial charge in [-0.3, -0.25) is 14.2 Å². The maximum Gasteiger partial charge on any atom is 0.244 e. The summed E-state index contributed by atoms with van der Waals surface area (Å²) in [5.74, 6) is 0.104. The van der Waals surface area contributed by atoms with E-state index in [2.05, 4.69) is 35.3 Å². The Morgan fingerprint density at radius 3 is 1.90 bits per heavy atom. The highest BCUT2D eigenvalue weighted by Gasteiger charge is 2.60. The van der Waals surface area contributed by atoms with E-state index in [-0.39, 0.29) is 17.8 Å². The average molecular weight is 526 g/mol. The number of imide groups is 1. The highest BCUT2D eigenvalue weighted by atomic mass is 16.2. The molecule has 7 heteroatoms. The quantitative estimate of drug-likeness (QED) is 0.240. The van der Waals surface area contributed by atoms with Crippen LogP contribution in [0.1, 0.15) is 27.7 Å². The van der Waals surface area contributed by atoms with Crippen molar-refractivity contribution in [3.8, 4) is 17.3 Å². The summed E-state index contributed by atoms with van der Waals surface area (Å²) in [7, 11) is 0. The molecule has 6 aromatic rings. The number of para-hydroxylation sites is 1. The molecule has 196 valence electrons. The largest absolute Gasteiger partial charge is 0.278 e. The summed E-state index contributed by atoms with van der Waals surface area (Å²) in [5, 5.41) is 4.42. The number of carbonyl (C=O) groups is 2. The van der Waals surface area contributed by atoms with Crippen LogP contribution >= 0.6 is 0 Å². The van der Waals surface area contributed by atoms with Gasteiger partial charge < -0.3 is 0 Å². The summed E-state index contributed by atoms with van der Waals surface area (Å²) in [6, 6.07) is 30.1. The minimum atomic E-state index is -0.921. The molecule has 0 saturated carbocycles. The topological polar surface area (TPSA) is 81.0 Å². The molecule has 0 atom stereocenters. The number of anilines is 1. The van der Waals surface area contributed by atoms with E-state index >= 15 is 0 Å². The van der Waals surface area contributed by atoms with Crippen LogP contribution in [0.25, 0.3) is 49.9 Å². The zero-order valence-electron chi connectivity index (χ0n) is 22.7. The first-order valence-corrected chi connectivity index (χ1v) is 13.3. The Hall–Kier alpha value is -4.91. The van der Waals surface area contributed by atoms with Crippen LogP contribution in [-0.4, -0.2) is 31.3 Å². The number of carbonyl (C=O) groups excluding carboxylic acids is 2. The maximum absolute atomic E-state index is 13.7. The lowest BCUT2D eigenvalue weighted by Crippen LogP contribution is -2.35. The van der Waals surface area contributed by atoms with Gasteiger partial charge in [0.05, 0.1) is 21.9 Å². The van der Waals surface area contributed by atoms with Gasteiger partial charge >= 0.3 is 0 Å². The molecule has 2 amide bonds. The molecule has 40 heavy (non-hydrogen) atoms. The van der Waals surface area contributed by atoms with Crippen molar-refractivity contribution in [2.75, 3.05) is 4.90 Å². The van der Waals surface area contributed by atoms with Crippen LogP contribution in [0, 0.1) is 10.8 Å². The number of nitrogens with zero attached hydrogens (tertiary/aromatic N) is 5. The second-order valence-electron chi connectivity index (χ2n) is 11.4. The van der Waals surface area contributed by atoms with Crippen LogP contribution in [0.2, 0.25) is 0 Å². The Morgan fingerprint density at radius 2 is 1.18 bits per heavy atom. The van der Waals surface area contributed by atoms with Crippen molar-refractivity contribution >= 4 is 50.3 Å². The van der Waals surface area contributed by atoms with Gasteiger partial charge in [-0.15, -0.1) is 0 Å². The van der Waals surface area contributed by atoms with E-state index < -0.39 is 10.8 Å². The molecule has 0 unspecified atom stereocenters.